The van der Waals surface area contributed by atoms with Gasteiger partial charge in [0.1, 0.15) is 29.6 Å². The van der Waals surface area contributed by atoms with Crippen LogP contribution in [0.2, 0.25) is 0 Å². The minimum absolute atomic E-state index is 0.0580. The number of methoxy groups -OCH3 is 1. The first-order valence-corrected chi connectivity index (χ1v) is 11.9. The van der Waals surface area contributed by atoms with Crippen LogP contribution in [-0.2, 0) is 9.59 Å². The first kappa shape index (κ1) is 24.9. The normalized spacial score (nSPS) is 12.4. The second-order valence-electron chi connectivity index (χ2n) is 8.36. The third-order valence-corrected chi connectivity index (χ3v) is 5.64. The number of amides is 2. The second-order valence-corrected chi connectivity index (χ2v) is 8.36. The van der Waals surface area contributed by atoms with Crippen molar-refractivity contribution in [3.63, 3.8) is 0 Å². The van der Waals surface area contributed by atoms with Crippen molar-refractivity contribution in [3.8, 4) is 23.0 Å². The SMILES string of the molecule is COc1ccc(OCCCC(=O)Nc2ccc3c(c2)OCC(=O)N3CCOc2cccc(C)c2)cc1. The molecule has 3 aromatic carbocycles. The van der Waals surface area contributed by atoms with Crippen LogP contribution in [0.4, 0.5) is 11.4 Å². The highest BCUT2D eigenvalue weighted by Crippen LogP contribution is 2.34. The summed E-state index contributed by atoms with van der Waals surface area (Å²) in [5.41, 5.74) is 2.38. The van der Waals surface area contributed by atoms with Gasteiger partial charge in [0.05, 0.1) is 25.9 Å². The van der Waals surface area contributed by atoms with Gasteiger partial charge in [-0.3, -0.25) is 9.59 Å². The van der Waals surface area contributed by atoms with Crippen LogP contribution in [0.1, 0.15) is 18.4 Å². The Balaban J connectivity index is 1.26. The Morgan fingerprint density at radius 1 is 0.972 bits per heavy atom. The zero-order valence-electron chi connectivity index (χ0n) is 20.5. The van der Waals surface area contributed by atoms with Gasteiger partial charge in [-0.2, -0.15) is 0 Å². The van der Waals surface area contributed by atoms with E-state index in [-0.39, 0.29) is 18.4 Å². The van der Waals surface area contributed by atoms with E-state index >= 15 is 0 Å². The number of hydrogen-bond acceptors (Lipinski definition) is 6. The molecule has 0 spiro atoms. The fraction of sp³-hybridized carbons (Fsp3) is 0.286. The van der Waals surface area contributed by atoms with Crippen molar-refractivity contribution in [2.45, 2.75) is 19.8 Å². The van der Waals surface area contributed by atoms with E-state index in [4.69, 9.17) is 18.9 Å². The van der Waals surface area contributed by atoms with Crippen LogP contribution < -0.4 is 29.2 Å². The predicted octanol–water partition coefficient (Wildman–Crippen LogP) is 4.61. The van der Waals surface area contributed by atoms with Crippen molar-refractivity contribution in [1.82, 2.24) is 0 Å². The zero-order chi connectivity index (χ0) is 25.3. The highest BCUT2D eigenvalue weighted by atomic mass is 16.5. The molecule has 0 radical (unpaired) electrons. The quantitative estimate of drug-likeness (QED) is 0.395. The molecule has 1 heterocycles. The molecule has 2 amide bonds. The van der Waals surface area contributed by atoms with Crippen LogP contribution in [0, 0.1) is 6.92 Å². The van der Waals surface area contributed by atoms with Gasteiger partial charge in [-0.1, -0.05) is 12.1 Å². The lowest BCUT2D eigenvalue weighted by Crippen LogP contribution is -2.41. The van der Waals surface area contributed by atoms with E-state index in [1.807, 2.05) is 55.5 Å². The molecule has 4 rings (SSSR count). The Hall–Kier alpha value is -4.20. The zero-order valence-corrected chi connectivity index (χ0v) is 20.5. The average Bonchev–Trinajstić information content (AvgIpc) is 2.88. The summed E-state index contributed by atoms with van der Waals surface area (Å²) in [7, 11) is 1.61. The molecule has 0 saturated carbocycles. The van der Waals surface area contributed by atoms with Crippen molar-refractivity contribution in [2.24, 2.45) is 0 Å². The van der Waals surface area contributed by atoms with Crippen LogP contribution in [0.3, 0.4) is 0 Å². The summed E-state index contributed by atoms with van der Waals surface area (Å²) in [6, 6.07) is 20.4. The van der Waals surface area contributed by atoms with Crippen molar-refractivity contribution < 1.29 is 28.5 Å². The van der Waals surface area contributed by atoms with Gasteiger partial charge in [0.25, 0.3) is 5.91 Å². The summed E-state index contributed by atoms with van der Waals surface area (Å²) in [6.45, 7) is 3.11. The van der Waals surface area contributed by atoms with E-state index in [1.54, 1.807) is 30.2 Å². The van der Waals surface area contributed by atoms with Gasteiger partial charge in [0, 0.05) is 18.2 Å². The lowest BCUT2D eigenvalue weighted by molar-refractivity contribution is -0.121. The topological polar surface area (TPSA) is 86.3 Å². The Bertz CT molecular complexity index is 1190. The van der Waals surface area contributed by atoms with Gasteiger partial charge in [0.2, 0.25) is 5.91 Å². The predicted molar refractivity (Wildman–Crippen MR) is 137 cm³/mol. The maximum absolute atomic E-state index is 12.5. The van der Waals surface area contributed by atoms with E-state index in [0.717, 1.165) is 22.8 Å². The Labute approximate surface area is 210 Å². The van der Waals surface area contributed by atoms with Gasteiger partial charge in [0.15, 0.2) is 6.61 Å². The molecular weight excluding hydrogens is 460 g/mol. The van der Waals surface area contributed by atoms with Crippen molar-refractivity contribution in [3.05, 3.63) is 72.3 Å². The monoisotopic (exact) mass is 490 g/mol. The van der Waals surface area contributed by atoms with Gasteiger partial charge in [-0.05, 0) is 67.4 Å². The molecule has 0 fully saturated rings. The number of hydrogen-bond donors (Lipinski definition) is 1. The van der Waals surface area contributed by atoms with Crippen molar-refractivity contribution >= 4 is 23.2 Å². The molecule has 0 atom stereocenters. The number of carbonyl (C=O) groups is 2. The molecule has 0 bridgehead atoms. The molecule has 1 aliphatic heterocycles. The third kappa shape index (κ3) is 6.69. The molecule has 3 aromatic rings. The van der Waals surface area contributed by atoms with E-state index in [2.05, 4.69) is 5.32 Å². The number of anilines is 2. The smallest absolute Gasteiger partial charge is 0.265 e. The first-order chi connectivity index (χ1) is 17.5. The molecule has 0 aliphatic carbocycles. The summed E-state index contributed by atoms with van der Waals surface area (Å²) in [4.78, 5) is 26.5. The van der Waals surface area contributed by atoms with Gasteiger partial charge in [-0.25, -0.2) is 0 Å². The number of nitrogens with zero attached hydrogens (tertiary/aromatic N) is 1. The van der Waals surface area contributed by atoms with E-state index in [0.29, 0.717) is 49.7 Å². The molecule has 188 valence electrons. The van der Waals surface area contributed by atoms with Crippen molar-refractivity contribution in [1.29, 1.82) is 0 Å². The number of ether oxygens (including phenoxy) is 4. The maximum atomic E-state index is 12.5. The maximum Gasteiger partial charge on any atom is 0.265 e. The summed E-state index contributed by atoms with van der Waals surface area (Å²) < 4.78 is 22.2. The van der Waals surface area contributed by atoms with Gasteiger partial charge >= 0.3 is 0 Å². The number of carbonyl (C=O) groups excluding carboxylic acids is 2. The lowest BCUT2D eigenvalue weighted by Gasteiger charge is -2.29. The van der Waals surface area contributed by atoms with E-state index in [9.17, 15) is 9.59 Å². The van der Waals surface area contributed by atoms with Gasteiger partial charge in [-0.15, -0.1) is 0 Å². The Kier molecular flexibility index (Phi) is 8.28. The number of fused-ring (bicyclic) bond motifs is 1. The molecule has 0 aromatic heterocycles. The van der Waals surface area contributed by atoms with Crippen LogP contribution in [0.5, 0.6) is 23.0 Å². The number of aryl methyl sites for hydroxylation is 1. The lowest BCUT2D eigenvalue weighted by atomic mass is 10.2. The van der Waals surface area contributed by atoms with Crippen LogP contribution in [0.25, 0.3) is 0 Å². The van der Waals surface area contributed by atoms with E-state index in [1.165, 1.54) is 0 Å². The molecule has 8 heteroatoms. The second kappa shape index (κ2) is 12.0. The summed E-state index contributed by atoms with van der Waals surface area (Å²) in [6.07, 6.45) is 0.886. The fourth-order valence-electron chi connectivity index (χ4n) is 3.81. The minimum atomic E-state index is -0.135. The molecule has 0 saturated heterocycles. The van der Waals surface area contributed by atoms with Crippen molar-refractivity contribution in [2.75, 3.05) is 43.7 Å². The molecule has 1 aliphatic rings. The Morgan fingerprint density at radius 2 is 1.75 bits per heavy atom. The summed E-state index contributed by atoms with van der Waals surface area (Å²) in [5, 5.41) is 2.88. The molecule has 8 nitrogen and oxygen atoms in total. The summed E-state index contributed by atoms with van der Waals surface area (Å²) in [5.74, 6) is 2.55. The fourth-order valence-corrected chi connectivity index (χ4v) is 3.81. The number of nitrogens with one attached hydrogen (secondary N) is 1. The van der Waals surface area contributed by atoms with Gasteiger partial charge < -0.3 is 29.2 Å². The van der Waals surface area contributed by atoms with Crippen LogP contribution >= 0.6 is 0 Å². The average molecular weight is 491 g/mol. The molecule has 36 heavy (non-hydrogen) atoms. The molecule has 0 unspecified atom stereocenters. The molecular formula is C28H30N2O6. The Morgan fingerprint density at radius 3 is 2.53 bits per heavy atom. The summed E-state index contributed by atoms with van der Waals surface area (Å²) >= 11 is 0. The van der Waals surface area contributed by atoms with Crippen LogP contribution in [-0.4, -0.2) is 45.3 Å². The minimum Gasteiger partial charge on any atom is -0.497 e. The third-order valence-electron chi connectivity index (χ3n) is 5.64. The standard InChI is InChI=1S/C28H30N2O6/c1-20-5-3-6-24(17-20)35-16-14-30-25-13-8-21(18-26(25)36-19-28(30)32)29-27(31)7-4-15-34-23-11-9-22(33-2)10-12-23/h3,5-6,8-13,17-18H,4,7,14-16,19H2,1-2H3,(H,29,31). The first-order valence-electron chi connectivity index (χ1n) is 11.9. The number of rotatable bonds is 11. The highest BCUT2D eigenvalue weighted by molar-refractivity contribution is 5.99. The highest BCUT2D eigenvalue weighted by Gasteiger charge is 2.25. The largest absolute Gasteiger partial charge is 0.497 e. The number of benzene rings is 3. The van der Waals surface area contributed by atoms with Crippen LogP contribution in [0.15, 0.2) is 66.7 Å². The molecule has 1 N–H and O–H groups in total. The van der Waals surface area contributed by atoms with E-state index < -0.39 is 0 Å².